The number of rotatable bonds is 10. The fraction of sp³-hybridized carbons (Fsp3) is 0.556. The van der Waals surface area contributed by atoms with Crippen molar-refractivity contribution < 1.29 is 19.4 Å². The predicted molar refractivity (Wildman–Crippen MR) is 172 cm³/mol. The van der Waals surface area contributed by atoms with Crippen LogP contribution in [0.4, 0.5) is 4.79 Å². The van der Waals surface area contributed by atoms with Crippen molar-refractivity contribution in [2.24, 2.45) is 5.92 Å². The second-order valence-electron chi connectivity index (χ2n) is 12.4. The van der Waals surface area contributed by atoms with Crippen LogP contribution in [0.5, 0.6) is 0 Å². The van der Waals surface area contributed by atoms with Gasteiger partial charge < -0.3 is 19.6 Å². The van der Waals surface area contributed by atoms with Gasteiger partial charge in [0.05, 0.1) is 6.61 Å². The first-order valence-corrected chi connectivity index (χ1v) is 16.2. The number of carboxylic acid groups (broad SMARTS) is 1. The summed E-state index contributed by atoms with van der Waals surface area (Å²) in [5, 5.41) is 9.70. The zero-order chi connectivity index (χ0) is 30.4. The molecule has 0 aromatic heterocycles. The van der Waals surface area contributed by atoms with E-state index in [2.05, 4.69) is 47.7 Å². The van der Waals surface area contributed by atoms with E-state index in [4.69, 9.17) is 4.74 Å². The molecule has 7 heteroatoms. The molecule has 234 valence electrons. The lowest BCUT2D eigenvalue weighted by molar-refractivity contribution is -0.145. The Kier molecular flexibility index (Phi) is 13.1. The average molecular weight is 590 g/mol. The molecule has 2 saturated heterocycles. The summed E-state index contributed by atoms with van der Waals surface area (Å²) in [7, 11) is 2.12. The van der Waals surface area contributed by atoms with E-state index >= 15 is 0 Å². The number of aliphatic carboxylic acids is 1. The summed E-state index contributed by atoms with van der Waals surface area (Å²) in [6.45, 7) is 8.61. The Morgan fingerprint density at radius 3 is 2.23 bits per heavy atom. The molecule has 0 radical (unpaired) electrons. The topological polar surface area (TPSA) is 73.3 Å². The van der Waals surface area contributed by atoms with Gasteiger partial charge in [-0.25, -0.2) is 4.79 Å². The highest BCUT2D eigenvalue weighted by atomic mass is 16.6. The molecule has 2 aromatic rings. The van der Waals surface area contributed by atoms with E-state index in [1.54, 1.807) is 6.08 Å². The first-order valence-electron chi connectivity index (χ1n) is 16.2. The molecule has 43 heavy (non-hydrogen) atoms. The number of hydrogen-bond acceptors (Lipinski definition) is 5. The van der Waals surface area contributed by atoms with Crippen molar-refractivity contribution in [1.82, 2.24) is 14.7 Å². The fourth-order valence-electron chi connectivity index (χ4n) is 6.95. The van der Waals surface area contributed by atoms with Gasteiger partial charge in [-0.2, -0.15) is 0 Å². The van der Waals surface area contributed by atoms with E-state index in [1.807, 2.05) is 41.3 Å². The third-order valence-corrected chi connectivity index (χ3v) is 9.38. The lowest BCUT2D eigenvalue weighted by Crippen LogP contribution is -2.46. The summed E-state index contributed by atoms with van der Waals surface area (Å²) in [5.41, 5.74) is 2.54. The van der Waals surface area contributed by atoms with Gasteiger partial charge in [-0.05, 0) is 81.7 Å². The maximum absolute atomic E-state index is 12.3. The number of piperidine rings is 1. The van der Waals surface area contributed by atoms with Crippen molar-refractivity contribution in [2.75, 3.05) is 46.4 Å². The van der Waals surface area contributed by atoms with Crippen molar-refractivity contribution in [3.05, 3.63) is 84.4 Å². The summed E-state index contributed by atoms with van der Waals surface area (Å²) in [4.78, 5) is 30.5. The first-order chi connectivity index (χ1) is 21.0. The van der Waals surface area contributed by atoms with Crippen molar-refractivity contribution >= 4 is 12.1 Å². The molecule has 1 aliphatic carbocycles. The second kappa shape index (κ2) is 17.2. The van der Waals surface area contributed by atoms with E-state index in [-0.39, 0.29) is 18.2 Å². The van der Waals surface area contributed by atoms with Crippen LogP contribution in [0.1, 0.15) is 68.4 Å². The van der Waals surface area contributed by atoms with E-state index in [0.29, 0.717) is 25.0 Å². The molecule has 2 heterocycles. The van der Waals surface area contributed by atoms with Crippen LogP contribution >= 0.6 is 0 Å². The maximum Gasteiger partial charge on any atom is 0.410 e. The Bertz CT molecular complexity index is 1110. The molecule has 2 aliphatic heterocycles. The van der Waals surface area contributed by atoms with Gasteiger partial charge in [-0.3, -0.25) is 9.69 Å². The molecule has 1 amide bonds. The van der Waals surface area contributed by atoms with Crippen molar-refractivity contribution in [3.63, 3.8) is 0 Å². The number of ether oxygens (including phenoxy) is 1. The molecular weight excluding hydrogens is 538 g/mol. The lowest BCUT2D eigenvalue weighted by Gasteiger charge is -2.36. The first kappa shape index (κ1) is 32.7. The standard InChI is InChI=1S/C18H26N2O2.C18H25NO2/c1-3-12-20(17-9-13-19(2)14-10-17)18(21)22-15-11-16-7-5-4-6-8-16;20-18(21)17(15-9-5-2-6-10-15)19-12-11-16(13-19)14-7-3-1-4-8-14/h3-8,17H,1,9-15H2,2H3;1,3-4,7-8,15-17H,2,5-6,9-13H2,(H,20,21)/t;16-,17-/m.1/s1. The maximum atomic E-state index is 12.3. The molecule has 2 atom stereocenters. The molecular formula is C36H51N3O4. The quantitative estimate of drug-likeness (QED) is 0.321. The highest BCUT2D eigenvalue weighted by Crippen LogP contribution is 2.34. The second-order valence-corrected chi connectivity index (χ2v) is 12.4. The SMILES string of the molecule is C=CCN(C(=O)OCCc1ccccc1)C1CCN(C)CC1.O=C(O)[C@@H](C1CCCCC1)N1CC[C@@H](c2ccccc2)C1. The van der Waals surface area contributed by atoms with Crippen LogP contribution in [-0.4, -0.2) is 90.3 Å². The molecule has 5 rings (SSSR count). The van der Waals surface area contributed by atoms with Crippen LogP contribution in [0.2, 0.25) is 0 Å². The van der Waals surface area contributed by atoms with Gasteiger partial charge in [0.2, 0.25) is 0 Å². The van der Waals surface area contributed by atoms with E-state index in [9.17, 15) is 14.7 Å². The number of carbonyl (C=O) groups excluding carboxylic acids is 1. The monoisotopic (exact) mass is 589 g/mol. The Morgan fingerprint density at radius 2 is 1.60 bits per heavy atom. The zero-order valence-electron chi connectivity index (χ0n) is 26.0. The number of carbonyl (C=O) groups is 2. The van der Waals surface area contributed by atoms with Crippen LogP contribution < -0.4 is 0 Å². The zero-order valence-corrected chi connectivity index (χ0v) is 26.0. The van der Waals surface area contributed by atoms with Crippen LogP contribution in [0.3, 0.4) is 0 Å². The molecule has 2 aromatic carbocycles. The molecule has 0 bridgehead atoms. The summed E-state index contributed by atoms with van der Waals surface area (Å²) in [6, 6.07) is 20.6. The molecule has 1 N–H and O–H groups in total. The van der Waals surface area contributed by atoms with Crippen LogP contribution in [0.15, 0.2) is 73.3 Å². The third kappa shape index (κ3) is 9.94. The number of amides is 1. The molecule has 0 spiro atoms. The smallest absolute Gasteiger partial charge is 0.410 e. The number of hydrogen-bond donors (Lipinski definition) is 1. The largest absolute Gasteiger partial charge is 0.480 e. The van der Waals surface area contributed by atoms with Crippen molar-refractivity contribution in [2.45, 2.75) is 75.8 Å². The van der Waals surface area contributed by atoms with E-state index in [1.165, 1.54) is 30.4 Å². The number of benzene rings is 2. The minimum absolute atomic E-state index is 0.217. The van der Waals surface area contributed by atoms with Gasteiger partial charge in [0.15, 0.2) is 0 Å². The van der Waals surface area contributed by atoms with Gasteiger partial charge >= 0.3 is 12.1 Å². The average Bonchev–Trinajstić information content (AvgIpc) is 3.52. The minimum atomic E-state index is -0.615. The molecule has 1 saturated carbocycles. The normalized spacial score (nSPS) is 20.9. The van der Waals surface area contributed by atoms with Gasteiger partial charge in [-0.15, -0.1) is 6.58 Å². The number of carboxylic acids is 1. The number of nitrogens with zero attached hydrogens (tertiary/aromatic N) is 3. The molecule has 3 aliphatic rings. The minimum Gasteiger partial charge on any atom is -0.480 e. The Balaban J connectivity index is 0.000000197. The fourth-order valence-corrected chi connectivity index (χ4v) is 6.95. The highest BCUT2D eigenvalue weighted by Gasteiger charge is 2.38. The summed E-state index contributed by atoms with van der Waals surface area (Å²) < 4.78 is 5.47. The molecule has 3 fully saturated rings. The van der Waals surface area contributed by atoms with E-state index in [0.717, 1.165) is 64.7 Å². The van der Waals surface area contributed by atoms with Crippen molar-refractivity contribution in [3.8, 4) is 0 Å². The highest BCUT2D eigenvalue weighted by molar-refractivity contribution is 5.74. The third-order valence-electron chi connectivity index (χ3n) is 9.38. The van der Waals surface area contributed by atoms with Gasteiger partial charge in [-0.1, -0.05) is 86.0 Å². The summed E-state index contributed by atoms with van der Waals surface area (Å²) >= 11 is 0. The summed E-state index contributed by atoms with van der Waals surface area (Å²) in [6.07, 6.45) is 11.2. The van der Waals surface area contributed by atoms with Crippen molar-refractivity contribution in [1.29, 1.82) is 0 Å². The van der Waals surface area contributed by atoms with Crippen LogP contribution in [0, 0.1) is 5.92 Å². The van der Waals surface area contributed by atoms with E-state index < -0.39 is 5.97 Å². The Morgan fingerprint density at radius 1 is 0.953 bits per heavy atom. The van der Waals surface area contributed by atoms with Crippen LogP contribution in [-0.2, 0) is 16.0 Å². The van der Waals surface area contributed by atoms with Crippen LogP contribution in [0.25, 0.3) is 0 Å². The molecule has 0 unspecified atom stereocenters. The predicted octanol–water partition coefficient (Wildman–Crippen LogP) is 6.46. The molecule has 7 nitrogen and oxygen atoms in total. The lowest BCUT2D eigenvalue weighted by atomic mass is 9.83. The van der Waals surface area contributed by atoms with Gasteiger partial charge in [0.25, 0.3) is 0 Å². The number of likely N-dealkylation sites (tertiary alicyclic amines) is 2. The Labute approximate surface area is 258 Å². The van der Waals surface area contributed by atoms with Gasteiger partial charge in [0.1, 0.15) is 6.04 Å². The Hall–Kier alpha value is -3.16. The summed E-state index contributed by atoms with van der Waals surface area (Å²) in [5.74, 6) is 0.234. The van der Waals surface area contributed by atoms with Gasteiger partial charge in [0, 0.05) is 25.6 Å².